The molecule has 1 unspecified atom stereocenters. The first kappa shape index (κ1) is 33.0. The summed E-state index contributed by atoms with van der Waals surface area (Å²) in [6.45, 7) is 14.3. The van der Waals surface area contributed by atoms with Gasteiger partial charge in [0.2, 0.25) is 10.0 Å². The normalized spacial score (nSPS) is 20.2. The van der Waals surface area contributed by atoms with Gasteiger partial charge in [0, 0.05) is 59.8 Å². The molecule has 9 nitrogen and oxygen atoms in total. The fourth-order valence-electron chi connectivity index (χ4n) is 6.34. The van der Waals surface area contributed by atoms with Gasteiger partial charge in [0.1, 0.15) is 16.5 Å². The number of morpholine rings is 1. The van der Waals surface area contributed by atoms with Gasteiger partial charge in [0.05, 0.1) is 26.0 Å². The van der Waals surface area contributed by atoms with E-state index in [0.717, 1.165) is 81.3 Å². The van der Waals surface area contributed by atoms with Crippen molar-refractivity contribution < 1.29 is 17.9 Å². The van der Waals surface area contributed by atoms with E-state index in [2.05, 4.69) is 65.3 Å². The summed E-state index contributed by atoms with van der Waals surface area (Å²) in [4.78, 5) is 7.87. The largest absolute Gasteiger partial charge is 0.496 e. The summed E-state index contributed by atoms with van der Waals surface area (Å²) >= 11 is 0. The summed E-state index contributed by atoms with van der Waals surface area (Å²) in [6.07, 6.45) is 5.77. The van der Waals surface area contributed by atoms with Gasteiger partial charge in [0.25, 0.3) is 0 Å². The lowest BCUT2D eigenvalue weighted by molar-refractivity contribution is 0.122. The molecule has 3 N–H and O–H groups in total. The zero-order valence-corrected chi connectivity index (χ0v) is 28.4. The average Bonchev–Trinajstić information content (AvgIpc) is 3.31. The highest BCUT2D eigenvalue weighted by atomic mass is 32.2. The van der Waals surface area contributed by atoms with E-state index in [9.17, 15) is 8.42 Å². The Hall–Kier alpha value is -3.34. The van der Waals surface area contributed by atoms with Crippen LogP contribution in [0.3, 0.4) is 0 Å². The van der Waals surface area contributed by atoms with Crippen molar-refractivity contribution >= 4 is 27.1 Å². The van der Waals surface area contributed by atoms with Gasteiger partial charge in [-0.1, -0.05) is 45.0 Å². The summed E-state index contributed by atoms with van der Waals surface area (Å²) in [6, 6.07) is 13.3. The standard InChI is InChI=1S/C35H49N5O4S/c1-24(2)39-45(41,42)32-13-8-7-11-29(32)38-34-33-30(36-23-35(33,4)5)17-14-25(3)28(37-34)12-9-10-26-15-16-27(22-31(26)43-6)40-18-20-44-21-19-40/h7-8,11,13,15-17,22,24-25,36,38-39H,9-10,12,14,18-21,23H2,1-6H3. The number of hydrogen-bond donors (Lipinski definition) is 3. The number of rotatable bonds is 11. The van der Waals surface area contributed by atoms with Gasteiger partial charge < -0.3 is 25.0 Å². The second-order valence-corrected chi connectivity index (χ2v) is 14.8. The Morgan fingerprint density at radius 3 is 2.62 bits per heavy atom. The second kappa shape index (κ2) is 14.0. The Bertz CT molecular complexity index is 1570. The minimum atomic E-state index is -3.73. The van der Waals surface area contributed by atoms with Crippen molar-refractivity contribution in [2.45, 2.75) is 71.2 Å². The first-order valence-corrected chi connectivity index (χ1v) is 17.6. The van der Waals surface area contributed by atoms with E-state index in [1.54, 1.807) is 19.2 Å². The smallest absolute Gasteiger partial charge is 0.242 e. The summed E-state index contributed by atoms with van der Waals surface area (Å²) in [5, 5.41) is 7.08. The maximum atomic E-state index is 13.3. The summed E-state index contributed by atoms with van der Waals surface area (Å²) < 4.78 is 40.7. The van der Waals surface area contributed by atoms with E-state index >= 15 is 0 Å². The number of nitrogens with zero attached hydrogens (tertiary/aromatic N) is 2. The molecule has 2 fully saturated rings. The first-order valence-electron chi connectivity index (χ1n) is 16.1. The van der Waals surface area contributed by atoms with Gasteiger partial charge in [-0.3, -0.25) is 0 Å². The number of ether oxygens (including phenoxy) is 2. The topological polar surface area (TPSA) is 104 Å². The molecule has 2 aromatic rings. The predicted octanol–water partition coefficient (Wildman–Crippen LogP) is 5.86. The van der Waals surface area contributed by atoms with E-state index in [4.69, 9.17) is 14.5 Å². The molecule has 3 aliphatic heterocycles. The molecule has 0 amide bonds. The summed E-state index contributed by atoms with van der Waals surface area (Å²) in [7, 11) is -1.99. The zero-order valence-electron chi connectivity index (χ0n) is 27.6. The van der Waals surface area contributed by atoms with Crippen LogP contribution in [0.2, 0.25) is 0 Å². The molecule has 3 aliphatic rings. The summed E-state index contributed by atoms with van der Waals surface area (Å²) in [5.74, 6) is 1.85. The van der Waals surface area contributed by atoms with Crippen molar-refractivity contribution in [1.29, 1.82) is 0 Å². The van der Waals surface area contributed by atoms with Crippen molar-refractivity contribution in [3.05, 3.63) is 71.2 Å². The molecule has 1 atom stereocenters. The van der Waals surface area contributed by atoms with Crippen LogP contribution >= 0.6 is 0 Å². The molecule has 5 rings (SSSR count). The third-order valence-electron chi connectivity index (χ3n) is 8.75. The number of allylic oxidation sites excluding steroid dienone is 2. The van der Waals surface area contributed by atoms with Crippen molar-refractivity contribution in [2.75, 3.05) is 50.2 Å². The minimum absolute atomic E-state index is 0.192. The maximum Gasteiger partial charge on any atom is 0.242 e. The Balaban J connectivity index is 1.43. The molecule has 3 heterocycles. The average molecular weight is 636 g/mol. The first-order chi connectivity index (χ1) is 21.5. The third kappa shape index (κ3) is 7.73. The molecule has 244 valence electrons. The molecule has 10 heteroatoms. The molecular formula is C35H49N5O4S. The molecule has 45 heavy (non-hydrogen) atoms. The van der Waals surface area contributed by atoms with Gasteiger partial charge in [0.15, 0.2) is 0 Å². The van der Waals surface area contributed by atoms with Crippen LogP contribution in [-0.4, -0.2) is 60.1 Å². The monoisotopic (exact) mass is 635 g/mol. The highest BCUT2D eigenvalue weighted by Crippen LogP contribution is 2.41. The molecule has 0 radical (unpaired) electrons. The molecule has 0 aromatic heterocycles. The van der Waals surface area contributed by atoms with E-state index in [0.29, 0.717) is 11.5 Å². The molecule has 0 aliphatic carbocycles. The van der Waals surface area contributed by atoms with Gasteiger partial charge in [-0.2, -0.15) is 0 Å². The van der Waals surface area contributed by atoms with Gasteiger partial charge in [-0.15, -0.1) is 0 Å². The maximum absolute atomic E-state index is 13.3. The minimum Gasteiger partial charge on any atom is -0.496 e. The number of aliphatic imine (C=N–C) groups is 1. The molecule has 2 aromatic carbocycles. The number of methoxy groups -OCH3 is 1. The Morgan fingerprint density at radius 2 is 1.89 bits per heavy atom. The Morgan fingerprint density at radius 1 is 1.13 bits per heavy atom. The van der Waals surface area contributed by atoms with Crippen LogP contribution in [0.5, 0.6) is 5.75 Å². The number of anilines is 2. The lowest BCUT2D eigenvalue weighted by atomic mass is 9.84. The van der Waals surface area contributed by atoms with Crippen LogP contribution in [-0.2, 0) is 21.2 Å². The lowest BCUT2D eigenvalue weighted by Crippen LogP contribution is -2.36. The molecule has 0 saturated carbocycles. The van der Waals surface area contributed by atoms with Crippen LogP contribution in [0.15, 0.2) is 75.5 Å². The number of nitrogens with one attached hydrogen (secondary N) is 3. The molecular weight excluding hydrogens is 586 g/mol. The Kier molecular flexibility index (Phi) is 10.3. The highest BCUT2D eigenvalue weighted by molar-refractivity contribution is 7.89. The molecule has 2 saturated heterocycles. The van der Waals surface area contributed by atoms with Crippen molar-refractivity contribution in [3.8, 4) is 5.75 Å². The van der Waals surface area contributed by atoms with Gasteiger partial charge in [-0.05, 0) is 69.2 Å². The van der Waals surface area contributed by atoms with Crippen LogP contribution in [0.1, 0.15) is 59.4 Å². The fourth-order valence-corrected chi connectivity index (χ4v) is 7.75. The van der Waals surface area contributed by atoms with E-state index in [-0.39, 0.29) is 22.3 Å². The number of sulfonamides is 1. The van der Waals surface area contributed by atoms with E-state index in [1.165, 1.54) is 11.3 Å². The van der Waals surface area contributed by atoms with Crippen molar-refractivity contribution in [2.24, 2.45) is 16.3 Å². The zero-order chi connectivity index (χ0) is 32.2. The van der Waals surface area contributed by atoms with Gasteiger partial charge in [-0.25, -0.2) is 18.1 Å². The van der Waals surface area contributed by atoms with Crippen LogP contribution in [0.25, 0.3) is 0 Å². The Labute approximate surface area is 269 Å². The second-order valence-electron chi connectivity index (χ2n) is 13.2. The van der Waals surface area contributed by atoms with Crippen LogP contribution in [0.4, 0.5) is 11.4 Å². The number of hydrogen-bond acceptors (Lipinski definition) is 8. The number of fused-ring (bicyclic) bond motifs is 1. The highest BCUT2D eigenvalue weighted by Gasteiger charge is 2.37. The van der Waals surface area contributed by atoms with Crippen molar-refractivity contribution in [1.82, 2.24) is 10.0 Å². The molecule has 0 bridgehead atoms. The quantitative estimate of drug-likeness (QED) is 0.284. The van der Waals surface area contributed by atoms with E-state index < -0.39 is 10.0 Å². The van der Waals surface area contributed by atoms with Crippen LogP contribution < -0.4 is 25.0 Å². The fraction of sp³-hybridized carbons (Fsp3) is 0.514. The number of benzene rings is 2. The van der Waals surface area contributed by atoms with Gasteiger partial charge >= 0.3 is 0 Å². The molecule has 0 spiro atoms. The third-order valence-corrected chi connectivity index (χ3v) is 10.5. The predicted molar refractivity (Wildman–Crippen MR) is 183 cm³/mol. The number of aryl methyl sites for hydroxylation is 1. The number of para-hydroxylation sites is 1. The van der Waals surface area contributed by atoms with E-state index in [1.807, 2.05) is 26.0 Å². The summed E-state index contributed by atoms with van der Waals surface area (Å²) in [5.41, 5.74) is 5.93. The lowest BCUT2D eigenvalue weighted by Gasteiger charge is -2.29. The SMILES string of the molecule is COc1cc(N2CCOCC2)ccc1CCCC1=NC(Nc2ccccc2S(=O)(=O)NC(C)C)=C2C(=CCC1C)NCC2(C)C. The van der Waals surface area contributed by atoms with Crippen LogP contribution in [0, 0.1) is 11.3 Å². The van der Waals surface area contributed by atoms with Crippen molar-refractivity contribution in [3.63, 3.8) is 0 Å².